The highest BCUT2D eigenvalue weighted by Gasteiger charge is 2.03. The standard InChI is InChI=1S/C11H12ClN3OS/c1-7(16)13-4-5-14-11-15-9-6-8(12)2-3-10(9)17-11/h2-3,6H,4-5H2,1H3,(H,13,16)(H,14,15). The van der Waals surface area contributed by atoms with E-state index in [9.17, 15) is 4.79 Å². The van der Waals surface area contributed by atoms with Crippen LogP contribution < -0.4 is 10.6 Å². The normalized spacial score (nSPS) is 10.5. The van der Waals surface area contributed by atoms with E-state index in [0.717, 1.165) is 15.3 Å². The maximum Gasteiger partial charge on any atom is 0.216 e. The summed E-state index contributed by atoms with van der Waals surface area (Å²) in [7, 11) is 0. The Hall–Kier alpha value is -1.33. The molecule has 90 valence electrons. The highest BCUT2D eigenvalue weighted by molar-refractivity contribution is 7.22. The molecule has 0 bridgehead atoms. The third kappa shape index (κ3) is 3.31. The van der Waals surface area contributed by atoms with Crippen LogP contribution in [0.3, 0.4) is 0 Å². The van der Waals surface area contributed by atoms with E-state index in [-0.39, 0.29) is 5.91 Å². The first-order chi connectivity index (χ1) is 8.15. The largest absolute Gasteiger partial charge is 0.360 e. The van der Waals surface area contributed by atoms with Gasteiger partial charge in [-0.2, -0.15) is 0 Å². The monoisotopic (exact) mass is 269 g/mol. The van der Waals surface area contributed by atoms with Crippen molar-refractivity contribution in [2.75, 3.05) is 18.4 Å². The van der Waals surface area contributed by atoms with E-state index in [4.69, 9.17) is 11.6 Å². The molecule has 0 unspecified atom stereocenters. The Morgan fingerprint density at radius 3 is 3.06 bits per heavy atom. The van der Waals surface area contributed by atoms with Gasteiger partial charge in [-0.1, -0.05) is 22.9 Å². The molecule has 0 spiro atoms. The molecule has 2 rings (SSSR count). The summed E-state index contributed by atoms with van der Waals surface area (Å²) in [6.07, 6.45) is 0. The number of halogens is 1. The summed E-state index contributed by atoms with van der Waals surface area (Å²) >= 11 is 7.46. The number of benzene rings is 1. The van der Waals surface area contributed by atoms with E-state index in [1.165, 1.54) is 6.92 Å². The highest BCUT2D eigenvalue weighted by atomic mass is 35.5. The summed E-state index contributed by atoms with van der Waals surface area (Å²) in [5.41, 5.74) is 0.893. The van der Waals surface area contributed by atoms with Gasteiger partial charge in [-0.25, -0.2) is 4.98 Å². The lowest BCUT2D eigenvalue weighted by atomic mass is 10.3. The molecule has 1 aromatic heterocycles. The number of nitrogens with zero attached hydrogens (tertiary/aromatic N) is 1. The van der Waals surface area contributed by atoms with Gasteiger partial charge >= 0.3 is 0 Å². The number of anilines is 1. The molecular weight excluding hydrogens is 258 g/mol. The van der Waals surface area contributed by atoms with E-state index >= 15 is 0 Å². The average molecular weight is 270 g/mol. The van der Waals surface area contributed by atoms with Crippen molar-refractivity contribution in [3.05, 3.63) is 23.2 Å². The minimum atomic E-state index is -0.0251. The zero-order valence-electron chi connectivity index (χ0n) is 9.29. The van der Waals surface area contributed by atoms with Crippen LogP contribution >= 0.6 is 22.9 Å². The van der Waals surface area contributed by atoms with Gasteiger partial charge in [0.05, 0.1) is 10.2 Å². The molecule has 0 aliphatic rings. The molecule has 1 heterocycles. The highest BCUT2D eigenvalue weighted by Crippen LogP contribution is 2.27. The molecule has 0 saturated heterocycles. The molecule has 6 heteroatoms. The van der Waals surface area contributed by atoms with Gasteiger partial charge in [0.15, 0.2) is 5.13 Å². The molecule has 0 radical (unpaired) electrons. The fourth-order valence-corrected chi connectivity index (χ4v) is 2.42. The Kier molecular flexibility index (Phi) is 3.81. The molecule has 1 amide bonds. The lowest BCUT2D eigenvalue weighted by Gasteiger charge is -2.02. The lowest BCUT2D eigenvalue weighted by Crippen LogP contribution is -2.26. The smallest absolute Gasteiger partial charge is 0.216 e. The molecule has 0 fully saturated rings. The van der Waals surface area contributed by atoms with E-state index in [1.54, 1.807) is 11.3 Å². The van der Waals surface area contributed by atoms with Gasteiger partial charge in [-0.05, 0) is 18.2 Å². The van der Waals surface area contributed by atoms with E-state index < -0.39 is 0 Å². The topological polar surface area (TPSA) is 54.0 Å². The van der Waals surface area contributed by atoms with Crippen LogP contribution in [0.25, 0.3) is 10.2 Å². The number of aromatic nitrogens is 1. The Morgan fingerprint density at radius 1 is 1.47 bits per heavy atom. The zero-order valence-corrected chi connectivity index (χ0v) is 10.9. The van der Waals surface area contributed by atoms with Gasteiger partial charge in [-0.15, -0.1) is 0 Å². The number of carbonyl (C=O) groups excluding carboxylic acids is 1. The Morgan fingerprint density at radius 2 is 2.29 bits per heavy atom. The van der Waals surface area contributed by atoms with Crippen molar-refractivity contribution in [2.24, 2.45) is 0 Å². The molecule has 4 nitrogen and oxygen atoms in total. The van der Waals surface area contributed by atoms with Crippen LogP contribution in [0.4, 0.5) is 5.13 Å². The molecule has 2 aromatic rings. The van der Waals surface area contributed by atoms with E-state index in [2.05, 4.69) is 15.6 Å². The fourth-order valence-electron chi connectivity index (χ4n) is 1.38. The van der Waals surface area contributed by atoms with Crippen LogP contribution in [-0.4, -0.2) is 24.0 Å². The number of hydrogen-bond donors (Lipinski definition) is 2. The maximum absolute atomic E-state index is 10.7. The number of nitrogens with one attached hydrogen (secondary N) is 2. The van der Waals surface area contributed by atoms with Crippen LogP contribution in [-0.2, 0) is 4.79 Å². The fraction of sp³-hybridized carbons (Fsp3) is 0.273. The Labute approximate surface area is 108 Å². The predicted molar refractivity (Wildman–Crippen MR) is 71.8 cm³/mol. The van der Waals surface area contributed by atoms with Crippen molar-refractivity contribution in [3.63, 3.8) is 0 Å². The van der Waals surface area contributed by atoms with Gasteiger partial charge in [0.25, 0.3) is 0 Å². The van der Waals surface area contributed by atoms with Gasteiger partial charge in [0, 0.05) is 25.0 Å². The SMILES string of the molecule is CC(=O)NCCNc1nc2cc(Cl)ccc2s1. The second-order valence-electron chi connectivity index (χ2n) is 3.54. The molecule has 0 saturated carbocycles. The molecular formula is C11H12ClN3OS. The summed E-state index contributed by atoms with van der Waals surface area (Å²) in [4.78, 5) is 15.1. The van der Waals surface area contributed by atoms with Crippen molar-refractivity contribution in [1.29, 1.82) is 0 Å². The first kappa shape index (κ1) is 12.1. The molecule has 1 aromatic carbocycles. The van der Waals surface area contributed by atoms with Crippen LogP contribution in [0.1, 0.15) is 6.92 Å². The van der Waals surface area contributed by atoms with Crippen LogP contribution in [0.5, 0.6) is 0 Å². The number of carbonyl (C=O) groups is 1. The number of amides is 1. The second-order valence-corrected chi connectivity index (χ2v) is 5.01. The molecule has 0 aliphatic carbocycles. The number of thiazole rings is 1. The summed E-state index contributed by atoms with van der Waals surface area (Å²) < 4.78 is 1.09. The van der Waals surface area contributed by atoms with Crippen molar-refractivity contribution in [3.8, 4) is 0 Å². The number of rotatable bonds is 4. The zero-order chi connectivity index (χ0) is 12.3. The number of fused-ring (bicyclic) bond motifs is 1. The first-order valence-electron chi connectivity index (χ1n) is 5.19. The van der Waals surface area contributed by atoms with Gasteiger partial charge < -0.3 is 10.6 Å². The van der Waals surface area contributed by atoms with Crippen LogP contribution in [0.2, 0.25) is 5.02 Å². The molecule has 17 heavy (non-hydrogen) atoms. The minimum Gasteiger partial charge on any atom is -0.360 e. The van der Waals surface area contributed by atoms with E-state index in [0.29, 0.717) is 18.1 Å². The van der Waals surface area contributed by atoms with Gasteiger partial charge in [0.2, 0.25) is 5.91 Å². The minimum absolute atomic E-state index is 0.0251. The average Bonchev–Trinajstić information content (AvgIpc) is 2.66. The summed E-state index contributed by atoms with van der Waals surface area (Å²) in [6.45, 7) is 2.75. The maximum atomic E-state index is 10.7. The summed E-state index contributed by atoms with van der Waals surface area (Å²) in [5.74, 6) is -0.0251. The van der Waals surface area contributed by atoms with E-state index in [1.807, 2.05) is 18.2 Å². The summed E-state index contributed by atoms with van der Waals surface area (Å²) in [6, 6.07) is 5.64. The molecule has 2 N–H and O–H groups in total. The quantitative estimate of drug-likeness (QED) is 0.839. The van der Waals surface area contributed by atoms with Crippen molar-refractivity contribution in [2.45, 2.75) is 6.92 Å². The van der Waals surface area contributed by atoms with Gasteiger partial charge in [0.1, 0.15) is 0 Å². The van der Waals surface area contributed by atoms with Crippen molar-refractivity contribution in [1.82, 2.24) is 10.3 Å². The molecule has 0 aliphatic heterocycles. The lowest BCUT2D eigenvalue weighted by molar-refractivity contribution is -0.118. The summed E-state index contributed by atoms with van der Waals surface area (Å²) in [5, 5.41) is 7.40. The molecule has 0 atom stereocenters. The Bertz CT molecular complexity index is 540. The Balaban J connectivity index is 1.97. The second kappa shape index (κ2) is 5.33. The predicted octanol–water partition coefficient (Wildman–Crippen LogP) is 2.50. The van der Waals surface area contributed by atoms with Crippen molar-refractivity contribution < 1.29 is 4.79 Å². The number of hydrogen-bond acceptors (Lipinski definition) is 4. The van der Waals surface area contributed by atoms with Gasteiger partial charge in [-0.3, -0.25) is 4.79 Å². The van der Waals surface area contributed by atoms with Crippen LogP contribution in [0.15, 0.2) is 18.2 Å². The van der Waals surface area contributed by atoms with Crippen molar-refractivity contribution >= 4 is 44.2 Å². The third-order valence-corrected chi connectivity index (χ3v) is 3.35. The third-order valence-electron chi connectivity index (χ3n) is 2.12. The first-order valence-corrected chi connectivity index (χ1v) is 6.39. The van der Waals surface area contributed by atoms with Crippen LogP contribution in [0, 0.1) is 0 Å².